The van der Waals surface area contributed by atoms with E-state index < -0.39 is 0 Å². The zero-order valence-corrected chi connectivity index (χ0v) is 13.0. The third-order valence-corrected chi connectivity index (χ3v) is 4.54. The van der Waals surface area contributed by atoms with Crippen LogP contribution in [0.3, 0.4) is 0 Å². The van der Waals surface area contributed by atoms with Crippen LogP contribution in [-0.2, 0) is 0 Å². The van der Waals surface area contributed by atoms with Crippen LogP contribution in [0.4, 0.5) is 0 Å². The molecule has 0 aliphatic carbocycles. The first-order valence-corrected chi connectivity index (χ1v) is 8.06. The SMILES string of the molecule is CCCCCN1CCC(c2ccc(Br)cc2)CC1. The van der Waals surface area contributed by atoms with Crippen LogP contribution < -0.4 is 0 Å². The Balaban J connectivity index is 1.77. The maximum Gasteiger partial charge on any atom is 0.0175 e. The lowest BCUT2D eigenvalue weighted by Gasteiger charge is -2.32. The van der Waals surface area contributed by atoms with Crippen LogP contribution in [0.1, 0.15) is 50.5 Å². The maximum atomic E-state index is 3.51. The minimum Gasteiger partial charge on any atom is -0.303 e. The number of unbranched alkanes of at least 4 members (excludes halogenated alkanes) is 2. The summed E-state index contributed by atoms with van der Waals surface area (Å²) in [6.07, 6.45) is 6.74. The first kappa shape index (κ1) is 14.1. The minimum atomic E-state index is 0.778. The molecule has 1 aliphatic rings. The van der Waals surface area contributed by atoms with E-state index in [4.69, 9.17) is 0 Å². The number of hydrogen-bond acceptors (Lipinski definition) is 1. The first-order valence-electron chi connectivity index (χ1n) is 7.27. The Morgan fingerprint density at radius 3 is 2.39 bits per heavy atom. The second kappa shape index (κ2) is 7.30. The predicted molar refractivity (Wildman–Crippen MR) is 82.1 cm³/mol. The predicted octanol–water partition coefficient (Wildman–Crippen LogP) is 4.82. The summed E-state index contributed by atoms with van der Waals surface area (Å²) in [6.45, 7) is 6.15. The van der Waals surface area contributed by atoms with Crippen LogP contribution in [0.5, 0.6) is 0 Å². The summed E-state index contributed by atoms with van der Waals surface area (Å²) in [4.78, 5) is 2.64. The molecule has 1 aromatic carbocycles. The number of nitrogens with zero attached hydrogens (tertiary/aromatic N) is 1. The summed E-state index contributed by atoms with van der Waals surface area (Å²) in [5, 5.41) is 0. The zero-order valence-electron chi connectivity index (χ0n) is 11.4. The van der Waals surface area contributed by atoms with Crippen molar-refractivity contribution in [3.8, 4) is 0 Å². The van der Waals surface area contributed by atoms with Gasteiger partial charge in [-0.3, -0.25) is 0 Å². The number of hydrogen-bond donors (Lipinski definition) is 0. The summed E-state index contributed by atoms with van der Waals surface area (Å²) in [5.41, 5.74) is 1.52. The Morgan fingerprint density at radius 1 is 1.11 bits per heavy atom. The number of rotatable bonds is 5. The van der Waals surface area contributed by atoms with Gasteiger partial charge in [0.15, 0.2) is 0 Å². The molecule has 1 aromatic rings. The van der Waals surface area contributed by atoms with Gasteiger partial charge in [0, 0.05) is 4.47 Å². The molecule has 0 radical (unpaired) electrons. The van der Waals surface area contributed by atoms with Gasteiger partial charge in [0.2, 0.25) is 0 Å². The summed E-state index contributed by atoms with van der Waals surface area (Å²) >= 11 is 3.51. The molecule has 1 fully saturated rings. The second-order valence-electron chi connectivity index (χ2n) is 5.37. The molecule has 1 heterocycles. The molecule has 0 N–H and O–H groups in total. The van der Waals surface area contributed by atoms with Crippen molar-refractivity contribution in [1.29, 1.82) is 0 Å². The van der Waals surface area contributed by atoms with Gasteiger partial charge in [-0.1, -0.05) is 47.8 Å². The highest BCUT2D eigenvalue weighted by Crippen LogP contribution is 2.28. The zero-order chi connectivity index (χ0) is 12.8. The molecule has 1 saturated heterocycles. The topological polar surface area (TPSA) is 3.24 Å². The van der Waals surface area contributed by atoms with Crippen molar-refractivity contribution in [2.75, 3.05) is 19.6 Å². The number of piperidine rings is 1. The van der Waals surface area contributed by atoms with Crippen molar-refractivity contribution in [3.63, 3.8) is 0 Å². The maximum absolute atomic E-state index is 3.51. The summed E-state index contributed by atoms with van der Waals surface area (Å²) < 4.78 is 1.18. The highest BCUT2D eigenvalue weighted by atomic mass is 79.9. The lowest BCUT2D eigenvalue weighted by molar-refractivity contribution is 0.208. The fourth-order valence-electron chi connectivity index (χ4n) is 2.81. The number of likely N-dealkylation sites (tertiary alicyclic amines) is 1. The molecular formula is C16H24BrN. The van der Waals surface area contributed by atoms with Crippen molar-refractivity contribution >= 4 is 15.9 Å². The van der Waals surface area contributed by atoms with Crippen LogP contribution in [0, 0.1) is 0 Å². The molecule has 2 heteroatoms. The Labute approximate surface area is 120 Å². The average Bonchev–Trinajstić information content (AvgIpc) is 2.41. The number of benzene rings is 1. The monoisotopic (exact) mass is 309 g/mol. The molecular weight excluding hydrogens is 286 g/mol. The molecule has 1 nitrogen and oxygen atoms in total. The summed E-state index contributed by atoms with van der Waals surface area (Å²) in [6, 6.07) is 8.90. The molecule has 0 bridgehead atoms. The van der Waals surface area contributed by atoms with Crippen molar-refractivity contribution < 1.29 is 0 Å². The van der Waals surface area contributed by atoms with Crippen LogP contribution in [0.15, 0.2) is 28.7 Å². The molecule has 0 saturated carbocycles. The van der Waals surface area contributed by atoms with Crippen LogP contribution in [0.2, 0.25) is 0 Å². The second-order valence-corrected chi connectivity index (χ2v) is 6.29. The Kier molecular flexibility index (Phi) is 5.71. The molecule has 0 aromatic heterocycles. The molecule has 18 heavy (non-hydrogen) atoms. The molecule has 2 rings (SSSR count). The highest BCUT2D eigenvalue weighted by molar-refractivity contribution is 9.10. The van der Waals surface area contributed by atoms with E-state index in [1.165, 1.54) is 61.8 Å². The van der Waals surface area contributed by atoms with Gasteiger partial charge < -0.3 is 4.90 Å². The van der Waals surface area contributed by atoms with Crippen LogP contribution >= 0.6 is 15.9 Å². The van der Waals surface area contributed by atoms with Gasteiger partial charge in [0.25, 0.3) is 0 Å². The average molecular weight is 310 g/mol. The van der Waals surface area contributed by atoms with Gasteiger partial charge in [0.05, 0.1) is 0 Å². The van der Waals surface area contributed by atoms with E-state index >= 15 is 0 Å². The summed E-state index contributed by atoms with van der Waals surface area (Å²) in [7, 11) is 0. The summed E-state index contributed by atoms with van der Waals surface area (Å²) in [5.74, 6) is 0.778. The fourth-order valence-corrected chi connectivity index (χ4v) is 3.07. The molecule has 100 valence electrons. The van der Waals surface area contributed by atoms with Gasteiger partial charge in [-0.2, -0.15) is 0 Å². The normalized spacial score (nSPS) is 18.1. The van der Waals surface area contributed by atoms with Gasteiger partial charge in [-0.15, -0.1) is 0 Å². The van der Waals surface area contributed by atoms with Crippen molar-refractivity contribution in [2.24, 2.45) is 0 Å². The Morgan fingerprint density at radius 2 is 1.78 bits per heavy atom. The Hall–Kier alpha value is -0.340. The quantitative estimate of drug-likeness (QED) is 0.705. The van der Waals surface area contributed by atoms with E-state index in [1.54, 1.807) is 0 Å². The van der Waals surface area contributed by atoms with Crippen LogP contribution in [0.25, 0.3) is 0 Å². The minimum absolute atomic E-state index is 0.778. The largest absolute Gasteiger partial charge is 0.303 e. The van der Waals surface area contributed by atoms with Crippen molar-refractivity contribution in [1.82, 2.24) is 4.90 Å². The van der Waals surface area contributed by atoms with E-state index in [0.717, 1.165) is 5.92 Å². The van der Waals surface area contributed by atoms with Gasteiger partial charge in [-0.05, 0) is 62.5 Å². The first-order chi connectivity index (χ1) is 8.79. The molecule has 0 unspecified atom stereocenters. The lowest BCUT2D eigenvalue weighted by atomic mass is 9.89. The van der Waals surface area contributed by atoms with Crippen molar-refractivity contribution in [2.45, 2.75) is 44.9 Å². The van der Waals surface area contributed by atoms with E-state index in [0.29, 0.717) is 0 Å². The highest BCUT2D eigenvalue weighted by Gasteiger charge is 2.19. The van der Waals surface area contributed by atoms with E-state index in [-0.39, 0.29) is 0 Å². The third-order valence-electron chi connectivity index (χ3n) is 4.01. The molecule has 1 aliphatic heterocycles. The van der Waals surface area contributed by atoms with Gasteiger partial charge in [-0.25, -0.2) is 0 Å². The third kappa shape index (κ3) is 4.10. The van der Waals surface area contributed by atoms with E-state index in [9.17, 15) is 0 Å². The standard InChI is InChI=1S/C16H24BrN/c1-2-3-4-11-18-12-9-15(10-13-18)14-5-7-16(17)8-6-14/h5-8,15H,2-4,9-13H2,1H3. The molecule has 0 spiro atoms. The Bertz CT molecular complexity index is 339. The van der Waals surface area contributed by atoms with Crippen LogP contribution in [-0.4, -0.2) is 24.5 Å². The fraction of sp³-hybridized carbons (Fsp3) is 0.625. The van der Waals surface area contributed by atoms with Gasteiger partial charge >= 0.3 is 0 Å². The smallest absolute Gasteiger partial charge is 0.0175 e. The van der Waals surface area contributed by atoms with Gasteiger partial charge in [0.1, 0.15) is 0 Å². The van der Waals surface area contributed by atoms with Crippen molar-refractivity contribution in [3.05, 3.63) is 34.3 Å². The lowest BCUT2D eigenvalue weighted by Crippen LogP contribution is -2.33. The van der Waals surface area contributed by atoms with E-state index in [2.05, 4.69) is 52.0 Å². The van der Waals surface area contributed by atoms with E-state index in [1.807, 2.05) is 0 Å². The number of halogens is 1. The molecule has 0 atom stereocenters. The molecule has 0 amide bonds.